The minimum atomic E-state index is -4.41. The first-order valence-corrected chi connectivity index (χ1v) is 24.6. The minimum absolute atomic E-state index is 0.0665. The van der Waals surface area contributed by atoms with Crippen molar-refractivity contribution < 1.29 is 61.5 Å². The van der Waals surface area contributed by atoms with Crippen LogP contribution in [-0.2, 0) is 58.6 Å². The van der Waals surface area contributed by atoms with E-state index in [1.165, 1.54) is 64.0 Å². The normalized spacial score (nSPS) is 17.4. The van der Waals surface area contributed by atoms with E-state index in [2.05, 4.69) is 0 Å². The first-order valence-electron chi connectivity index (χ1n) is 21.0. The summed E-state index contributed by atoms with van der Waals surface area (Å²) in [7, 11) is -6.39. The molecule has 5 aromatic rings. The summed E-state index contributed by atoms with van der Waals surface area (Å²) in [6, 6.07) is 9.90. The molecule has 0 N–H and O–H groups in total. The number of hydrogen-bond donors (Lipinski definition) is 0. The minimum Gasteiger partial charge on any atom is -0.486 e. The zero-order valence-electron chi connectivity index (χ0n) is 35.9. The fraction of sp³-hybridized carbons (Fsp3) is 0.455. The van der Waals surface area contributed by atoms with Gasteiger partial charge >= 0.3 is 12.4 Å². The van der Waals surface area contributed by atoms with Gasteiger partial charge in [0.15, 0.2) is 0 Å². The van der Waals surface area contributed by atoms with Crippen molar-refractivity contribution in [3.05, 3.63) is 128 Å². The molecule has 358 valence electrons. The highest BCUT2D eigenvalue weighted by molar-refractivity contribution is 7.88. The third-order valence-electron chi connectivity index (χ3n) is 11.8. The molecule has 14 nitrogen and oxygen atoms in total. The number of fused-ring (bicyclic) bond motifs is 2. The number of nitrogens with zero attached hydrogens (tertiary/aromatic N) is 4. The lowest BCUT2D eigenvalue weighted by Crippen LogP contribution is -2.39. The molecule has 0 saturated carbocycles. The molecule has 0 bridgehead atoms. The molecular formula is C44H48F6N4O10S2. The molecule has 3 aliphatic rings. The Bertz CT molecular complexity index is 2860. The van der Waals surface area contributed by atoms with Crippen LogP contribution in [0, 0.1) is 11.8 Å². The van der Waals surface area contributed by atoms with Crippen molar-refractivity contribution in [2.24, 2.45) is 11.8 Å². The zero-order chi connectivity index (χ0) is 47.6. The van der Waals surface area contributed by atoms with Gasteiger partial charge in [-0.1, -0.05) is 12.1 Å². The number of sulfonamides is 2. The van der Waals surface area contributed by atoms with E-state index in [0.717, 1.165) is 23.8 Å². The number of alkyl halides is 6. The van der Waals surface area contributed by atoms with Crippen LogP contribution in [0.2, 0.25) is 0 Å². The maximum atomic E-state index is 12.9. The molecule has 3 aromatic heterocycles. The Kier molecular flexibility index (Phi) is 14.5. The standard InChI is InChI=1S/C22H25F3N2O5S.C22H23F3N2O5S/c2*1-33(29,30)27-6-4-15(5-7-27)13-32-21-14-31-19(9-20(21)28)12-26-10-16-2-3-18(22(23,24)25)8-17(16)11-26/h2-3,8-9,14-15H,4-7,10-13H2,1H3;2-3,8-11,14-15H,4-7,12-13H2,1H3. The van der Waals surface area contributed by atoms with Crippen molar-refractivity contribution in [1.29, 1.82) is 0 Å². The average molecular weight is 971 g/mol. The van der Waals surface area contributed by atoms with Crippen LogP contribution in [0.1, 0.15) is 59.5 Å². The van der Waals surface area contributed by atoms with Gasteiger partial charge < -0.3 is 22.9 Å². The third-order valence-corrected chi connectivity index (χ3v) is 14.4. The number of rotatable bonds is 12. The van der Waals surface area contributed by atoms with Gasteiger partial charge in [0.1, 0.15) is 24.0 Å². The smallest absolute Gasteiger partial charge is 0.416 e. The van der Waals surface area contributed by atoms with Crippen molar-refractivity contribution >= 4 is 30.8 Å². The molecule has 6 heterocycles. The molecule has 66 heavy (non-hydrogen) atoms. The fourth-order valence-corrected chi connectivity index (χ4v) is 9.85. The van der Waals surface area contributed by atoms with Crippen molar-refractivity contribution in [2.75, 3.05) is 51.9 Å². The topological polar surface area (TPSA) is 162 Å². The molecule has 0 atom stereocenters. The van der Waals surface area contributed by atoms with Gasteiger partial charge in [-0.05, 0) is 83.7 Å². The van der Waals surface area contributed by atoms with Crippen LogP contribution in [0.15, 0.2) is 91.9 Å². The predicted molar refractivity (Wildman–Crippen MR) is 230 cm³/mol. The Morgan fingerprint density at radius 2 is 1.06 bits per heavy atom. The van der Waals surface area contributed by atoms with Crippen LogP contribution in [0.4, 0.5) is 26.3 Å². The maximum absolute atomic E-state index is 12.9. The summed E-state index contributed by atoms with van der Waals surface area (Å²) in [6.07, 6.45) is 1.93. The van der Waals surface area contributed by atoms with E-state index >= 15 is 0 Å². The van der Waals surface area contributed by atoms with Gasteiger partial charge in [0.25, 0.3) is 0 Å². The number of halogens is 6. The van der Waals surface area contributed by atoms with Gasteiger partial charge in [0, 0.05) is 63.8 Å². The monoisotopic (exact) mass is 970 g/mol. The lowest BCUT2D eigenvalue weighted by atomic mass is 9.99. The molecule has 3 aliphatic heterocycles. The molecule has 0 amide bonds. The highest BCUT2D eigenvalue weighted by atomic mass is 32.2. The third kappa shape index (κ3) is 12.6. The summed E-state index contributed by atoms with van der Waals surface area (Å²) >= 11 is 0. The average Bonchev–Trinajstić information content (AvgIpc) is 3.84. The van der Waals surface area contributed by atoms with Crippen LogP contribution in [-0.4, -0.2) is 86.8 Å². The fourth-order valence-electron chi connectivity index (χ4n) is 8.10. The number of benzene rings is 2. The second kappa shape index (κ2) is 19.6. The van der Waals surface area contributed by atoms with Gasteiger partial charge in [0.05, 0.1) is 49.9 Å². The Morgan fingerprint density at radius 3 is 1.55 bits per heavy atom. The van der Waals surface area contributed by atoms with Gasteiger partial charge in [-0.15, -0.1) is 0 Å². The van der Waals surface area contributed by atoms with Crippen molar-refractivity contribution in [2.45, 2.75) is 64.2 Å². The molecule has 2 fully saturated rings. The number of hydrogen-bond acceptors (Lipinski definition) is 11. The summed E-state index contributed by atoms with van der Waals surface area (Å²) in [6.45, 7) is 3.58. The van der Waals surface area contributed by atoms with Gasteiger partial charge in [-0.2, -0.15) is 26.3 Å². The largest absolute Gasteiger partial charge is 0.486 e. The Hall–Kier alpha value is -5.16. The number of aromatic nitrogens is 1. The highest BCUT2D eigenvalue weighted by Gasteiger charge is 2.33. The molecule has 2 saturated heterocycles. The van der Waals surface area contributed by atoms with Crippen LogP contribution < -0.4 is 20.3 Å². The Morgan fingerprint density at radius 1 is 0.606 bits per heavy atom. The lowest BCUT2D eigenvalue weighted by Gasteiger charge is -2.29. The SMILES string of the molecule is CS(=O)(=O)N1CCC(COc2coc(CN3Cc4ccc(C(F)(F)F)cc4C3)cc2=O)CC1.CS(=O)(=O)N1CCC(COc2coc(Cn3cc4ccc(C(F)(F)F)cc4c3)cc2=O)CC1. The summed E-state index contributed by atoms with van der Waals surface area (Å²) < 4.78 is 151. The number of ether oxygens (including phenoxy) is 2. The quantitative estimate of drug-likeness (QED) is 0.119. The van der Waals surface area contributed by atoms with E-state index < -0.39 is 43.5 Å². The highest BCUT2D eigenvalue weighted by Crippen LogP contribution is 2.34. The summed E-state index contributed by atoms with van der Waals surface area (Å²) in [5.74, 6) is 1.17. The van der Waals surface area contributed by atoms with E-state index in [1.54, 1.807) is 17.0 Å². The molecule has 0 aliphatic carbocycles. The van der Waals surface area contributed by atoms with Crippen LogP contribution in [0.5, 0.6) is 11.5 Å². The number of piperidine rings is 2. The van der Waals surface area contributed by atoms with Gasteiger partial charge in [0.2, 0.25) is 42.4 Å². The second-order valence-electron chi connectivity index (χ2n) is 16.9. The Balaban J connectivity index is 0.000000196. The first kappa shape index (κ1) is 48.8. The molecule has 0 radical (unpaired) electrons. The van der Waals surface area contributed by atoms with Gasteiger partial charge in [-0.25, -0.2) is 25.4 Å². The molecule has 0 unspecified atom stereocenters. The second-order valence-corrected chi connectivity index (χ2v) is 20.8. The van der Waals surface area contributed by atoms with E-state index in [9.17, 15) is 52.8 Å². The molecule has 8 rings (SSSR count). The summed E-state index contributed by atoms with van der Waals surface area (Å²) in [4.78, 5) is 26.7. The van der Waals surface area contributed by atoms with Crippen molar-refractivity contribution in [1.82, 2.24) is 18.1 Å². The van der Waals surface area contributed by atoms with E-state index in [0.29, 0.717) is 99.4 Å². The molecule has 2 aromatic carbocycles. The molecule has 22 heteroatoms. The zero-order valence-corrected chi connectivity index (χ0v) is 37.6. The summed E-state index contributed by atoms with van der Waals surface area (Å²) in [5, 5.41) is 1.08. The lowest BCUT2D eigenvalue weighted by molar-refractivity contribution is -0.138. The van der Waals surface area contributed by atoms with E-state index in [1.807, 2.05) is 4.90 Å². The first-order chi connectivity index (χ1) is 31.0. The Labute approximate surface area is 376 Å². The van der Waals surface area contributed by atoms with E-state index in [-0.39, 0.29) is 53.9 Å². The maximum Gasteiger partial charge on any atom is 0.416 e. The van der Waals surface area contributed by atoms with E-state index in [4.69, 9.17) is 18.3 Å². The molecule has 0 spiro atoms. The van der Waals surface area contributed by atoms with Crippen LogP contribution in [0.3, 0.4) is 0 Å². The van der Waals surface area contributed by atoms with Crippen LogP contribution >= 0.6 is 0 Å². The van der Waals surface area contributed by atoms with Crippen LogP contribution in [0.25, 0.3) is 10.8 Å². The molecular weight excluding hydrogens is 923 g/mol. The predicted octanol–water partition coefficient (Wildman–Crippen LogP) is 6.94. The van der Waals surface area contributed by atoms with Crippen molar-refractivity contribution in [3.8, 4) is 11.5 Å². The van der Waals surface area contributed by atoms with Gasteiger partial charge in [-0.3, -0.25) is 14.5 Å². The van der Waals surface area contributed by atoms with Crippen molar-refractivity contribution in [3.63, 3.8) is 0 Å². The summed E-state index contributed by atoms with van der Waals surface area (Å²) in [5.41, 5.74) is -0.635.